The third-order valence-electron chi connectivity index (χ3n) is 1.30. The maximum atomic E-state index is 12.1. The number of halogens is 5. The zero-order valence-electron chi connectivity index (χ0n) is 8.18. The molecule has 2 N–H and O–H groups in total. The lowest BCUT2D eigenvalue weighted by molar-refractivity contribution is 0.364. The largest absolute Gasteiger partial charge is 0.399 e. The van der Waals surface area contributed by atoms with Crippen LogP contribution in [0.15, 0.2) is 29.2 Å². The number of nitrogens with two attached hydrogens (primary N) is 1. The van der Waals surface area contributed by atoms with E-state index in [0.717, 1.165) is 12.1 Å². The topological polar surface area (TPSA) is 26.0 Å². The van der Waals surface area contributed by atoms with Crippen molar-refractivity contribution in [1.82, 2.24) is 0 Å². The minimum atomic E-state index is -9.54. The Hall–Kier alpha value is -0.980. The van der Waals surface area contributed by atoms with Gasteiger partial charge in [-0.15, -0.1) is 0 Å². The summed E-state index contributed by atoms with van der Waals surface area (Å²) in [5.41, 5.74) is 4.62. The van der Waals surface area contributed by atoms with Gasteiger partial charge in [-0.3, -0.25) is 0 Å². The van der Waals surface area contributed by atoms with Gasteiger partial charge in [-0.05, 0) is 18.2 Å². The van der Waals surface area contributed by atoms with Crippen LogP contribution in [0.4, 0.5) is 25.1 Å². The van der Waals surface area contributed by atoms with Crippen molar-refractivity contribution >= 4 is 15.9 Å². The summed E-state index contributed by atoms with van der Waals surface area (Å²) in [5, 5.41) is 0. The van der Waals surface area contributed by atoms with Crippen LogP contribution in [-0.2, 0) is 0 Å². The molecule has 7 heteroatoms. The van der Waals surface area contributed by atoms with Crippen molar-refractivity contribution in [2.24, 2.45) is 0 Å². The van der Waals surface area contributed by atoms with Gasteiger partial charge in [-0.2, -0.15) is 0 Å². The third kappa shape index (κ3) is 4.37. The molecule has 0 unspecified atom stereocenters. The first-order valence-electron chi connectivity index (χ1n) is 4.09. The number of rotatable bonds is 1. The first kappa shape index (κ1) is 14.0. The third-order valence-corrected chi connectivity index (χ3v) is 2.45. The van der Waals surface area contributed by atoms with Gasteiger partial charge in [0.05, 0.1) is 0 Å². The van der Waals surface area contributed by atoms with E-state index in [1.54, 1.807) is 0 Å². The van der Waals surface area contributed by atoms with E-state index < -0.39 is 15.1 Å². The molecule has 0 spiro atoms. The predicted molar refractivity (Wildman–Crippen MR) is 53.6 cm³/mol. The van der Waals surface area contributed by atoms with Gasteiger partial charge >= 0.3 is 10.2 Å². The van der Waals surface area contributed by atoms with Gasteiger partial charge in [-0.25, -0.2) is 0 Å². The molecular formula is C8H12F5NS. The van der Waals surface area contributed by atoms with Gasteiger partial charge in [0.25, 0.3) is 0 Å². The monoisotopic (exact) mass is 249 g/mol. The Bertz CT molecular complexity index is 344. The van der Waals surface area contributed by atoms with Crippen LogP contribution in [0, 0.1) is 0 Å². The summed E-state index contributed by atoms with van der Waals surface area (Å²) in [4.78, 5) is -1.96. The molecule has 0 saturated heterocycles. The second kappa shape index (κ2) is 3.26. The van der Waals surface area contributed by atoms with Gasteiger partial charge in [-0.1, -0.05) is 39.3 Å². The summed E-state index contributed by atoms with van der Waals surface area (Å²) < 4.78 is 60.4. The van der Waals surface area contributed by atoms with Crippen LogP contribution in [0.1, 0.15) is 13.8 Å². The van der Waals surface area contributed by atoms with Crippen LogP contribution < -0.4 is 5.73 Å². The average molecular weight is 249 g/mol. The van der Waals surface area contributed by atoms with Crippen molar-refractivity contribution in [1.29, 1.82) is 0 Å². The molecule has 0 radical (unpaired) electrons. The fourth-order valence-corrected chi connectivity index (χ4v) is 1.45. The summed E-state index contributed by atoms with van der Waals surface area (Å²) >= 11 is 0. The van der Waals surface area contributed by atoms with Crippen molar-refractivity contribution < 1.29 is 19.4 Å². The molecule has 0 bridgehead atoms. The molecule has 0 saturated carbocycles. The number of nitrogen functional groups attached to an aromatic ring is 1. The summed E-state index contributed by atoms with van der Waals surface area (Å²) in [6, 6.07) is 2.47. The summed E-state index contributed by atoms with van der Waals surface area (Å²) in [6.07, 6.45) is 0. The molecule has 1 aromatic carbocycles. The van der Waals surface area contributed by atoms with Crippen LogP contribution in [-0.4, -0.2) is 0 Å². The number of anilines is 1. The number of hydrogen-bond acceptors (Lipinski definition) is 1. The maximum absolute atomic E-state index is 12.1. The zero-order chi connectivity index (χ0) is 12.4. The summed E-state index contributed by atoms with van der Waals surface area (Å²) in [7, 11) is -9.54. The molecule has 0 fully saturated rings. The van der Waals surface area contributed by atoms with Gasteiger partial charge in [0.1, 0.15) is 4.90 Å². The zero-order valence-corrected chi connectivity index (χ0v) is 9.00. The first-order chi connectivity index (χ1) is 6.49. The fraction of sp³-hybridized carbons (Fsp3) is 0.250. The fourth-order valence-electron chi connectivity index (χ4n) is 0.754. The second-order valence-corrected chi connectivity index (χ2v) is 4.95. The Morgan fingerprint density at radius 1 is 1.00 bits per heavy atom. The van der Waals surface area contributed by atoms with E-state index in [1.807, 2.05) is 13.8 Å². The van der Waals surface area contributed by atoms with Crippen molar-refractivity contribution in [3.63, 3.8) is 0 Å². The normalized spacial score (nSPS) is 15.7. The molecule has 0 aromatic heterocycles. The Morgan fingerprint density at radius 3 is 1.73 bits per heavy atom. The van der Waals surface area contributed by atoms with Crippen LogP contribution >= 0.6 is 10.2 Å². The SMILES string of the molecule is CC.Nc1cccc(S(F)(F)(F)(F)F)c1. The van der Waals surface area contributed by atoms with E-state index in [0.29, 0.717) is 6.07 Å². The molecule has 15 heavy (non-hydrogen) atoms. The second-order valence-electron chi connectivity index (χ2n) is 2.54. The quantitative estimate of drug-likeness (QED) is 0.553. The van der Waals surface area contributed by atoms with E-state index in [2.05, 4.69) is 0 Å². The van der Waals surface area contributed by atoms with E-state index in [9.17, 15) is 19.4 Å². The highest BCUT2D eigenvalue weighted by atomic mass is 32.5. The van der Waals surface area contributed by atoms with Crippen LogP contribution in [0.2, 0.25) is 0 Å². The predicted octanol–water partition coefficient (Wildman–Crippen LogP) is 4.95. The van der Waals surface area contributed by atoms with Crippen molar-refractivity contribution in [3.8, 4) is 0 Å². The van der Waals surface area contributed by atoms with Crippen molar-refractivity contribution in [3.05, 3.63) is 24.3 Å². The highest BCUT2D eigenvalue weighted by Gasteiger charge is 2.65. The molecule has 0 aliphatic heterocycles. The maximum Gasteiger partial charge on any atom is 0.310 e. The van der Waals surface area contributed by atoms with Gasteiger partial charge in [0, 0.05) is 5.69 Å². The smallest absolute Gasteiger partial charge is 0.310 e. The van der Waals surface area contributed by atoms with Crippen LogP contribution in [0.25, 0.3) is 0 Å². The number of hydrogen-bond donors (Lipinski definition) is 1. The molecule has 0 heterocycles. The molecular weight excluding hydrogens is 237 g/mol. The molecule has 1 aromatic rings. The van der Waals surface area contributed by atoms with Crippen molar-refractivity contribution in [2.75, 3.05) is 5.73 Å². The van der Waals surface area contributed by atoms with E-state index in [4.69, 9.17) is 5.73 Å². The molecule has 0 aliphatic carbocycles. The summed E-state index contributed by atoms with van der Waals surface area (Å²) in [6.45, 7) is 4.00. The van der Waals surface area contributed by atoms with Crippen molar-refractivity contribution in [2.45, 2.75) is 18.7 Å². The lowest BCUT2D eigenvalue weighted by Crippen LogP contribution is -2.06. The Balaban J connectivity index is 0.000000921. The van der Waals surface area contributed by atoms with E-state index >= 15 is 0 Å². The van der Waals surface area contributed by atoms with Gasteiger partial charge in [0.15, 0.2) is 0 Å². The summed E-state index contributed by atoms with van der Waals surface area (Å²) in [5.74, 6) is 0. The molecule has 1 rings (SSSR count). The molecule has 1 nitrogen and oxygen atoms in total. The Kier molecular flexibility index (Phi) is 3.05. The Labute approximate surface area is 84.8 Å². The standard InChI is InChI=1S/C6H6F5NS.C2H6/c7-13(8,9,10,11)6-3-1-2-5(12)4-6;1-2/h1-4H,12H2;1-2H3. The molecule has 0 amide bonds. The minimum absolute atomic E-state index is 0.224. The average Bonchev–Trinajstić information content (AvgIpc) is 2.04. The molecule has 0 aliphatic rings. The van der Waals surface area contributed by atoms with Crippen LogP contribution in [0.3, 0.4) is 0 Å². The highest BCUT2D eigenvalue weighted by Crippen LogP contribution is 3.02. The van der Waals surface area contributed by atoms with Gasteiger partial charge < -0.3 is 5.73 Å². The van der Waals surface area contributed by atoms with Crippen LogP contribution in [0.5, 0.6) is 0 Å². The van der Waals surface area contributed by atoms with E-state index in [1.165, 1.54) is 0 Å². The lowest BCUT2D eigenvalue weighted by atomic mass is 10.3. The first-order valence-corrected chi connectivity index (χ1v) is 6.04. The van der Waals surface area contributed by atoms with Gasteiger partial charge in [0.2, 0.25) is 0 Å². The number of benzene rings is 1. The highest BCUT2D eigenvalue weighted by molar-refractivity contribution is 8.45. The minimum Gasteiger partial charge on any atom is -0.399 e. The van der Waals surface area contributed by atoms with E-state index in [-0.39, 0.29) is 11.8 Å². The Morgan fingerprint density at radius 2 is 1.47 bits per heavy atom. The molecule has 0 atom stereocenters. The lowest BCUT2D eigenvalue weighted by Gasteiger charge is -2.40. The molecule has 90 valence electrons.